The second-order valence-corrected chi connectivity index (χ2v) is 6.51. The largest absolute Gasteiger partial charge is 0.358 e. The molecule has 1 N–H and O–H groups in total. The van der Waals surface area contributed by atoms with Crippen molar-refractivity contribution in [1.82, 2.24) is 9.88 Å². The highest BCUT2D eigenvalue weighted by molar-refractivity contribution is 5.99. The molecular formula is C18H24N2O. The van der Waals surface area contributed by atoms with E-state index in [2.05, 4.69) is 25.4 Å². The molecule has 112 valence electrons. The van der Waals surface area contributed by atoms with Gasteiger partial charge in [-0.25, -0.2) is 0 Å². The molecule has 0 atom stereocenters. The summed E-state index contributed by atoms with van der Waals surface area (Å²) < 4.78 is 0. The monoisotopic (exact) mass is 284 g/mol. The van der Waals surface area contributed by atoms with Gasteiger partial charge in [-0.3, -0.25) is 4.79 Å². The molecule has 0 spiro atoms. The van der Waals surface area contributed by atoms with Gasteiger partial charge in [-0.05, 0) is 58.4 Å². The van der Waals surface area contributed by atoms with Crippen LogP contribution in [0, 0.1) is 13.8 Å². The van der Waals surface area contributed by atoms with Crippen LogP contribution in [0.1, 0.15) is 42.4 Å². The Bertz CT molecular complexity index is 689. The van der Waals surface area contributed by atoms with Crippen LogP contribution in [0.25, 0.3) is 10.9 Å². The van der Waals surface area contributed by atoms with Crippen molar-refractivity contribution >= 4 is 16.8 Å². The number of rotatable bonds is 3. The number of aromatic nitrogens is 1. The maximum Gasteiger partial charge on any atom is 0.254 e. The van der Waals surface area contributed by atoms with Crippen LogP contribution in [0.15, 0.2) is 30.9 Å². The SMILES string of the molecule is C=CCN(C(=O)c1ccc2[nH]c(C)c(C)c2c1)C(C)(C)C. The van der Waals surface area contributed by atoms with E-state index < -0.39 is 0 Å². The highest BCUT2D eigenvalue weighted by atomic mass is 16.2. The first-order valence-corrected chi connectivity index (χ1v) is 7.27. The Hall–Kier alpha value is -2.03. The lowest BCUT2D eigenvalue weighted by Crippen LogP contribution is -2.45. The molecule has 21 heavy (non-hydrogen) atoms. The van der Waals surface area contributed by atoms with Crippen molar-refractivity contribution in [3.8, 4) is 0 Å². The van der Waals surface area contributed by atoms with Gasteiger partial charge in [0.05, 0.1) is 0 Å². The summed E-state index contributed by atoms with van der Waals surface area (Å²) in [6, 6.07) is 5.86. The number of carbonyl (C=O) groups excluding carboxylic acids is 1. The Balaban J connectivity index is 2.47. The number of H-pyrrole nitrogens is 1. The lowest BCUT2D eigenvalue weighted by atomic mass is 10.0. The summed E-state index contributed by atoms with van der Waals surface area (Å²) in [4.78, 5) is 18.0. The molecule has 1 aromatic carbocycles. The molecule has 0 aliphatic rings. The normalized spacial score (nSPS) is 11.7. The van der Waals surface area contributed by atoms with E-state index in [9.17, 15) is 4.79 Å². The fraction of sp³-hybridized carbons (Fsp3) is 0.389. The van der Waals surface area contributed by atoms with Gasteiger partial charge in [0, 0.05) is 34.2 Å². The number of aryl methyl sites for hydroxylation is 2. The van der Waals surface area contributed by atoms with E-state index in [1.54, 1.807) is 6.08 Å². The Morgan fingerprint density at radius 1 is 1.33 bits per heavy atom. The minimum Gasteiger partial charge on any atom is -0.358 e. The lowest BCUT2D eigenvalue weighted by Gasteiger charge is -2.35. The van der Waals surface area contributed by atoms with Gasteiger partial charge < -0.3 is 9.88 Å². The topological polar surface area (TPSA) is 36.1 Å². The number of nitrogens with zero attached hydrogens (tertiary/aromatic N) is 1. The smallest absolute Gasteiger partial charge is 0.254 e. The number of amides is 1. The summed E-state index contributed by atoms with van der Waals surface area (Å²) in [6.07, 6.45) is 1.77. The molecular weight excluding hydrogens is 260 g/mol. The van der Waals surface area contributed by atoms with Crippen molar-refractivity contribution in [3.05, 3.63) is 47.7 Å². The highest BCUT2D eigenvalue weighted by Crippen LogP contribution is 2.24. The van der Waals surface area contributed by atoms with Crippen LogP contribution < -0.4 is 0 Å². The van der Waals surface area contributed by atoms with Crippen LogP contribution in [0.4, 0.5) is 0 Å². The molecule has 0 radical (unpaired) electrons. The van der Waals surface area contributed by atoms with Crippen LogP contribution >= 0.6 is 0 Å². The minimum absolute atomic E-state index is 0.0440. The van der Waals surface area contributed by atoms with Gasteiger partial charge in [0.1, 0.15) is 0 Å². The van der Waals surface area contributed by atoms with Crippen molar-refractivity contribution in [2.24, 2.45) is 0 Å². The van der Waals surface area contributed by atoms with Crippen LogP contribution in [-0.2, 0) is 0 Å². The Kier molecular flexibility index (Phi) is 3.95. The lowest BCUT2D eigenvalue weighted by molar-refractivity contribution is 0.0617. The van der Waals surface area contributed by atoms with Gasteiger partial charge in [-0.1, -0.05) is 6.08 Å². The van der Waals surface area contributed by atoms with E-state index in [1.165, 1.54) is 5.56 Å². The number of nitrogens with one attached hydrogen (secondary N) is 1. The molecule has 0 aliphatic carbocycles. The third kappa shape index (κ3) is 2.87. The van der Waals surface area contributed by atoms with Crippen molar-refractivity contribution in [2.45, 2.75) is 40.2 Å². The first kappa shape index (κ1) is 15.4. The highest BCUT2D eigenvalue weighted by Gasteiger charge is 2.26. The third-order valence-corrected chi connectivity index (χ3v) is 3.92. The van der Waals surface area contributed by atoms with Crippen LogP contribution in [0.5, 0.6) is 0 Å². The van der Waals surface area contributed by atoms with Crippen LogP contribution in [-0.4, -0.2) is 27.9 Å². The molecule has 2 rings (SSSR count). The summed E-state index contributed by atoms with van der Waals surface area (Å²) in [5.41, 5.74) is 3.91. The molecule has 2 aromatic rings. The van der Waals surface area contributed by atoms with E-state index in [-0.39, 0.29) is 11.4 Å². The maximum atomic E-state index is 12.8. The van der Waals surface area contributed by atoms with Crippen molar-refractivity contribution in [2.75, 3.05) is 6.54 Å². The quantitative estimate of drug-likeness (QED) is 0.842. The average molecular weight is 284 g/mol. The molecule has 0 saturated heterocycles. The zero-order valence-corrected chi connectivity index (χ0v) is 13.6. The van der Waals surface area contributed by atoms with Gasteiger partial charge in [-0.15, -0.1) is 6.58 Å². The first-order chi connectivity index (χ1) is 9.75. The summed E-state index contributed by atoms with van der Waals surface area (Å²) in [5.74, 6) is 0.0440. The molecule has 0 fully saturated rings. The van der Waals surface area contributed by atoms with Gasteiger partial charge in [0.25, 0.3) is 5.91 Å². The average Bonchev–Trinajstić information content (AvgIpc) is 2.69. The zero-order chi connectivity index (χ0) is 15.8. The van der Waals surface area contributed by atoms with Gasteiger partial charge in [-0.2, -0.15) is 0 Å². The number of aromatic amines is 1. The summed E-state index contributed by atoms with van der Waals surface area (Å²) in [5, 5.41) is 1.12. The number of hydrogen-bond acceptors (Lipinski definition) is 1. The maximum absolute atomic E-state index is 12.8. The molecule has 0 saturated carbocycles. The fourth-order valence-electron chi connectivity index (χ4n) is 2.54. The minimum atomic E-state index is -0.233. The summed E-state index contributed by atoms with van der Waals surface area (Å²) in [6.45, 7) is 14.6. The molecule has 3 heteroatoms. The van der Waals surface area contributed by atoms with E-state index in [4.69, 9.17) is 0 Å². The number of carbonyl (C=O) groups is 1. The summed E-state index contributed by atoms with van der Waals surface area (Å²) >= 11 is 0. The van der Waals surface area contributed by atoms with Gasteiger partial charge >= 0.3 is 0 Å². The van der Waals surface area contributed by atoms with E-state index in [0.717, 1.165) is 22.2 Å². The molecule has 0 bridgehead atoms. The Morgan fingerprint density at radius 3 is 2.57 bits per heavy atom. The second kappa shape index (κ2) is 5.40. The fourth-order valence-corrected chi connectivity index (χ4v) is 2.54. The second-order valence-electron chi connectivity index (χ2n) is 6.51. The number of benzene rings is 1. The Labute approximate surface area is 126 Å². The van der Waals surface area contributed by atoms with Crippen molar-refractivity contribution in [3.63, 3.8) is 0 Å². The van der Waals surface area contributed by atoms with E-state index in [0.29, 0.717) is 6.54 Å². The molecule has 3 nitrogen and oxygen atoms in total. The number of fused-ring (bicyclic) bond motifs is 1. The summed E-state index contributed by atoms with van der Waals surface area (Å²) in [7, 11) is 0. The standard InChI is InChI=1S/C18H24N2O/c1-7-10-20(18(4,5)6)17(21)14-8-9-16-15(11-14)12(2)13(3)19-16/h7-9,11,19H,1,10H2,2-6H3. The molecule has 1 aromatic heterocycles. The van der Waals surface area contributed by atoms with Crippen molar-refractivity contribution in [1.29, 1.82) is 0 Å². The number of hydrogen-bond donors (Lipinski definition) is 1. The van der Waals surface area contributed by atoms with Gasteiger partial charge in [0.15, 0.2) is 0 Å². The van der Waals surface area contributed by atoms with Gasteiger partial charge in [0.2, 0.25) is 0 Å². The van der Waals surface area contributed by atoms with E-state index >= 15 is 0 Å². The van der Waals surface area contributed by atoms with Crippen LogP contribution in [0.2, 0.25) is 0 Å². The molecule has 1 amide bonds. The molecule has 0 aliphatic heterocycles. The van der Waals surface area contributed by atoms with Crippen molar-refractivity contribution < 1.29 is 4.79 Å². The van der Waals surface area contributed by atoms with Crippen LogP contribution in [0.3, 0.4) is 0 Å². The Morgan fingerprint density at radius 2 is 2.00 bits per heavy atom. The predicted octanol–water partition coefficient (Wildman–Crippen LogP) is 4.21. The third-order valence-electron chi connectivity index (χ3n) is 3.92. The zero-order valence-electron chi connectivity index (χ0n) is 13.6. The predicted molar refractivity (Wildman–Crippen MR) is 88.8 cm³/mol. The molecule has 0 unspecified atom stereocenters. The molecule has 1 heterocycles. The van der Waals surface area contributed by atoms with E-state index in [1.807, 2.05) is 43.9 Å². The first-order valence-electron chi connectivity index (χ1n) is 7.27.